The molecule has 0 saturated heterocycles. The van der Waals surface area contributed by atoms with Crippen LogP contribution < -0.4 is 10.5 Å². The molecule has 0 saturated carbocycles. The van der Waals surface area contributed by atoms with Gasteiger partial charge in [0.25, 0.3) is 0 Å². The number of nitrogens with two attached hydrogens (primary N) is 1. The van der Waals surface area contributed by atoms with E-state index in [2.05, 4.69) is 40.7 Å². The van der Waals surface area contributed by atoms with Gasteiger partial charge in [0.1, 0.15) is 5.75 Å². The zero-order valence-corrected chi connectivity index (χ0v) is 11.0. The first-order valence-corrected chi connectivity index (χ1v) is 5.91. The standard InChI is InChI=1S/C14H23NO/c1-6-10(2)16-13-8-7-11(9-12(13)15)14(3,4)5/h7-10H,6,15H2,1-5H3. The monoisotopic (exact) mass is 221 g/mol. The second-order valence-electron chi connectivity index (χ2n) is 5.34. The molecule has 2 nitrogen and oxygen atoms in total. The predicted molar refractivity (Wildman–Crippen MR) is 69.9 cm³/mol. The molecule has 16 heavy (non-hydrogen) atoms. The topological polar surface area (TPSA) is 35.2 Å². The lowest BCUT2D eigenvalue weighted by atomic mass is 9.87. The molecule has 1 atom stereocenters. The molecule has 0 aliphatic heterocycles. The van der Waals surface area contributed by atoms with E-state index < -0.39 is 0 Å². The Balaban J connectivity index is 2.92. The summed E-state index contributed by atoms with van der Waals surface area (Å²) in [5, 5.41) is 0. The molecule has 90 valence electrons. The first kappa shape index (κ1) is 12.9. The van der Waals surface area contributed by atoms with Gasteiger partial charge in [-0.2, -0.15) is 0 Å². The molecule has 0 radical (unpaired) electrons. The van der Waals surface area contributed by atoms with Crippen LogP contribution in [0.1, 0.15) is 46.6 Å². The highest BCUT2D eigenvalue weighted by Gasteiger charge is 2.15. The normalized spacial score (nSPS) is 13.6. The molecule has 1 rings (SSSR count). The fourth-order valence-corrected chi connectivity index (χ4v) is 1.42. The first-order valence-electron chi connectivity index (χ1n) is 5.91. The van der Waals surface area contributed by atoms with Crippen LogP contribution in [0.2, 0.25) is 0 Å². The van der Waals surface area contributed by atoms with Crippen LogP contribution in [0.15, 0.2) is 18.2 Å². The largest absolute Gasteiger partial charge is 0.489 e. The van der Waals surface area contributed by atoms with Crippen LogP contribution in [0.25, 0.3) is 0 Å². The smallest absolute Gasteiger partial charge is 0.142 e. The lowest BCUT2D eigenvalue weighted by Gasteiger charge is -2.21. The van der Waals surface area contributed by atoms with Crippen LogP contribution >= 0.6 is 0 Å². The maximum Gasteiger partial charge on any atom is 0.142 e. The molecule has 1 unspecified atom stereocenters. The van der Waals surface area contributed by atoms with E-state index in [1.165, 1.54) is 5.56 Å². The van der Waals surface area contributed by atoms with E-state index in [1.807, 2.05) is 12.1 Å². The molecule has 0 fully saturated rings. The van der Waals surface area contributed by atoms with Crippen molar-refractivity contribution in [2.75, 3.05) is 5.73 Å². The van der Waals surface area contributed by atoms with Gasteiger partial charge in [0, 0.05) is 0 Å². The van der Waals surface area contributed by atoms with E-state index in [0.717, 1.165) is 17.9 Å². The van der Waals surface area contributed by atoms with Crippen LogP contribution in [0.4, 0.5) is 5.69 Å². The number of hydrogen-bond donors (Lipinski definition) is 1. The van der Waals surface area contributed by atoms with E-state index in [0.29, 0.717) is 0 Å². The summed E-state index contributed by atoms with van der Waals surface area (Å²) in [4.78, 5) is 0. The fraction of sp³-hybridized carbons (Fsp3) is 0.571. The number of benzene rings is 1. The summed E-state index contributed by atoms with van der Waals surface area (Å²) >= 11 is 0. The molecule has 2 N–H and O–H groups in total. The van der Waals surface area contributed by atoms with Crippen molar-refractivity contribution in [2.45, 2.75) is 52.6 Å². The summed E-state index contributed by atoms with van der Waals surface area (Å²) in [5.41, 5.74) is 8.09. The van der Waals surface area contributed by atoms with E-state index >= 15 is 0 Å². The minimum atomic E-state index is 0.128. The van der Waals surface area contributed by atoms with Gasteiger partial charge in [0.05, 0.1) is 11.8 Å². The summed E-state index contributed by atoms with van der Waals surface area (Å²) in [7, 11) is 0. The molecule has 0 aromatic heterocycles. The third-order valence-corrected chi connectivity index (χ3v) is 2.78. The summed E-state index contributed by atoms with van der Waals surface area (Å²) in [6.07, 6.45) is 1.20. The molecule has 1 aromatic carbocycles. The van der Waals surface area contributed by atoms with Gasteiger partial charge >= 0.3 is 0 Å². The number of ether oxygens (including phenoxy) is 1. The summed E-state index contributed by atoms with van der Waals surface area (Å²) in [6.45, 7) is 10.7. The van der Waals surface area contributed by atoms with E-state index in [9.17, 15) is 0 Å². The second kappa shape index (κ2) is 4.77. The minimum absolute atomic E-state index is 0.128. The van der Waals surface area contributed by atoms with Gasteiger partial charge in [0.2, 0.25) is 0 Å². The fourth-order valence-electron chi connectivity index (χ4n) is 1.42. The van der Waals surface area contributed by atoms with Gasteiger partial charge in [-0.1, -0.05) is 33.8 Å². The Morgan fingerprint density at radius 2 is 1.94 bits per heavy atom. The van der Waals surface area contributed by atoms with Gasteiger partial charge in [-0.25, -0.2) is 0 Å². The van der Waals surface area contributed by atoms with Crippen LogP contribution in [0.5, 0.6) is 5.75 Å². The average Bonchev–Trinajstić information content (AvgIpc) is 2.19. The lowest BCUT2D eigenvalue weighted by molar-refractivity contribution is 0.218. The Morgan fingerprint density at radius 3 is 2.38 bits per heavy atom. The van der Waals surface area contributed by atoms with Crippen molar-refractivity contribution in [1.29, 1.82) is 0 Å². The summed E-state index contributed by atoms with van der Waals surface area (Å²) in [6, 6.07) is 6.08. The zero-order valence-electron chi connectivity index (χ0n) is 11.0. The van der Waals surface area contributed by atoms with Crippen LogP contribution in [-0.2, 0) is 5.41 Å². The summed E-state index contributed by atoms with van der Waals surface area (Å²) in [5.74, 6) is 0.794. The first-order chi connectivity index (χ1) is 7.34. The SMILES string of the molecule is CCC(C)Oc1ccc(C(C)(C)C)cc1N. The molecular weight excluding hydrogens is 198 g/mol. The van der Waals surface area contributed by atoms with E-state index in [1.54, 1.807) is 0 Å². The number of hydrogen-bond acceptors (Lipinski definition) is 2. The van der Waals surface area contributed by atoms with Crippen molar-refractivity contribution >= 4 is 5.69 Å². The van der Waals surface area contributed by atoms with Crippen molar-refractivity contribution in [3.05, 3.63) is 23.8 Å². The molecule has 0 aliphatic rings. The van der Waals surface area contributed by atoms with Crippen LogP contribution in [0.3, 0.4) is 0 Å². The Kier molecular flexibility index (Phi) is 3.84. The highest BCUT2D eigenvalue weighted by molar-refractivity contribution is 5.55. The second-order valence-corrected chi connectivity index (χ2v) is 5.34. The molecule has 0 bridgehead atoms. The van der Waals surface area contributed by atoms with Crippen molar-refractivity contribution in [2.24, 2.45) is 0 Å². The number of anilines is 1. The average molecular weight is 221 g/mol. The molecule has 0 aliphatic carbocycles. The van der Waals surface area contributed by atoms with Crippen molar-refractivity contribution < 1.29 is 4.74 Å². The lowest BCUT2D eigenvalue weighted by Crippen LogP contribution is -2.14. The van der Waals surface area contributed by atoms with Gasteiger partial charge < -0.3 is 10.5 Å². The van der Waals surface area contributed by atoms with Crippen molar-refractivity contribution in [3.8, 4) is 5.75 Å². The molecule has 0 amide bonds. The Bertz CT molecular complexity index is 352. The molecule has 1 aromatic rings. The predicted octanol–water partition coefficient (Wildman–Crippen LogP) is 3.74. The highest BCUT2D eigenvalue weighted by Crippen LogP contribution is 2.30. The Hall–Kier alpha value is -1.18. The third-order valence-electron chi connectivity index (χ3n) is 2.78. The van der Waals surface area contributed by atoms with Crippen LogP contribution in [0, 0.1) is 0 Å². The maximum absolute atomic E-state index is 6.00. The van der Waals surface area contributed by atoms with Gasteiger partial charge in [-0.15, -0.1) is 0 Å². The minimum Gasteiger partial charge on any atom is -0.489 e. The van der Waals surface area contributed by atoms with Gasteiger partial charge in [0.15, 0.2) is 0 Å². The maximum atomic E-state index is 6.00. The Labute approximate surface area is 98.8 Å². The van der Waals surface area contributed by atoms with Gasteiger partial charge in [-0.3, -0.25) is 0 Å². The van der Waals surface area contributed by atoms with E-state index in [4.69, 9.17) is 10.5 Å². The van der Waals surface area contributed by atoms with Crippen molar-refractivity contribution in [3.63, 3.8) is 0 Å². The van der Waals surface area contributed by atoms with Crippen molar-refractivity contribution in [1.82, 2.24) is 0 Å². The number of rotatable bonds is 3. The van der Waals surface area contributed by atoms with Gasteiger partial charge in [-0.05, 0) is 36.5 Å². The number of nitrogen functional groups attached to an aromatic ring is 1. The third kappa shape index (κ3) is 3.16. The quantitative estimate of drug-likeness (QED) is 0.789. The zero-order chi connectivity index (χ0) is 12.3. The summed E-state index contributed by atoms with van der Waals surface area (Å²) < 4.78 is 5.74. The molecule has 0 spiro atoms. The molecule has 2 heteroatoms. The van der Waals surface area contributed by atoms with Crippen LogP contribution in [-0.4, -0.2) is 6.10 Å². The molecular formula is C14H23NO. The van der Waals surface area contributed by atoms with E-state index in [-0.39, 0.29) is 11.5 Å². The highest BCUT2D eigenvalue weighted by atomic mass is 16.5. The Morgan fingerprint density at radius 1 is 1.31 bits per heavy atom. The molecule has 0 heterocycles.